The van der Waals surface area contributed by atoms with Gasteiger partial charge in [-0.3, -0.25) is 14.2 Å². The van der Waals surface area contributed by atoms with Crippen molar-refractivity contribution in [1.29, 1.82) is 0 Å². The van der Waals surface area contributed by atoms with E-state index in [9.17, 15) is 9.59 Å². The molecule has 1 aromatic carbocycles. The van der Waals surface area contributed by atoms with Crippen molar-refractivity contribution < 1.29 is 9.59 Å². The van der Waals surface area contributed by atoms with Crippen LogP contribution in [0.25, 0.3) is 11.0 Å². The molecule has 0 aliphatic rings. The summed E-state index contributed by atoms with van der Waals surface area (Å²) < 4.78 is 1.44. The van der Waals surface area contributed by atoms with Crippen LogP contribution in [0.2, 0.25) is 0 Å². The minimum Gasteiger partial charge on any atom is -0.337 e. The first-order chi connectivity index (χ1) is 9.63. The van der Waals surface area contributed by atoms with Crippen molar-refractivity contribution in [1.82, 2.24) is 14.5 Å². The molecular weight excluding hydrogens is 254 g/mol. The largest absolute Gasteiger partial charge is 0.337 e. The van der Waals surface area contributed by atoms with E-state index in [1.807, 2.05) is 38.1 Å². The molecule has 0 spiro atoms. The van der Waals surface area contributed by atoms with E-state index in [0.717, 1.165) is 0 Å². The number of fused-ring (bicyclic) bond motifs is 1. The van der Waals surface area contributed by atoms with Crippen LogP contribution in [-0.4, -0.2) is 39.4 Å². The van der Waals surface area contributed by atoms with Crippen LogP contribution in [0.3, 0.4) is 0 Å². The Morgan fingerprint density at radius 1 is 1.15 bits per heavy atom. The molecule has 0 saturated heterocycles. The summed E-state index contributed by atoms with van der Waals surface area (Å²) >= 11 is 0. The number of carbonyl (C=O) groups excluding carboxylic acids is 2. The average Bonchev–Trinajstić information content (AvgIpc) is 2.87. The zero-order valence-electron chi connectivity index (χ0n) is 12.1. The van der Waals surface area contributed by atoms with E-state index < -0.39 is 0 Å². The Kier molecular flexibility index (Phi) is 4.17. The fourth-order valence-electron chi connectivity index (χ4n) is 2.23. The van der Waals surface area contributed by atoms with Gasteiger partial charge in [0.15, 0.2) is 0 Å². The molecule has 2 rings (SSSR count). The van der Waals surface area contributed by atoms with Crippen LogP contribution in [0.5, 0.6) is 0 Å². The monoisotopic (exact) mass is 273 g/mol. The molecule has 5 heteroatoms. The highest BCUT2D eigenvalue weighted by molar-refractivity contribution is 6.01. The van der Waals surface area contributed by atoms with E-state index in [2.05, 4.69) is 4.98 Å². The van der Waals surface area contributed by atoms with E-state index in [1.165, 1.54) is 4.57 Å². The van der Waals surface area contributed by atoms with Crippen LogP contribution in [0.15, 0.2) is 24.3 Å². The number of amides is 1. The van der Waals surface area contributed by atoms with Crippen molar-refractivity contribution in [3.05, 3.63) is 30.1 Å². The summed E-state index contributed by atoms with van der Waals surface area (Å²) in [5.74, 6) is -0.107. The number of rotatable bonds is 4. The number of para-hydroxylation sites is 2. The molecule has 0 fully saturated rings. The number of aromatic nitrogens is 2. The van der Waals surface area contributed by atoms with Crippen LogP contribution < -0.4 is 0 Å². The zero-order valence-corrected chi connectivity index (χ0v) is 12.1. The number of carbonyl (C=O) groups is 2. The Bertz CT molecular complexity index is 642. The Balaban J connectivity index is 2.63. The van der Waals surface area contributed by atoms with E-state index in [-0.39, 0.29) is 17.6 Å². The fourth-order valence-corrected chi connectivity index (χ4v) is 2.23. The SMILES string of the molecule is CCC(=O)n1c(C(=O)N(CC)CC)nc2ccccc21. The number of hydrogen-bond donors (Lipinski definition) is 0. The smallest absolute Gasteiger partial charge is 0.290 e. The van der Waals surface area contributed by atoms with Crippen molar-refractivity contribution in [3.8, 4) is 0 Å². The summed E-state index contributed by atoms with van der Waals surface area (Å²) in [5.41, 5.74) is 1.36. The second kappa shape index (κ2) is 5.86. The van der Waals surface area contributed by atoms with Gasteiger partial charge in [-0.2, -0.15) is 0 Å². The summed E-state index contributed by atoms with van der Waals surface area (Å²) in [5, 5.41) is 0. The van der Waals surface area contributed by atoms with E-state index >= 15 is 0 Å². The van der Waals surface area contributed by atoms with Crippen LogP contribution in [0, 0.1) is 0 Å². The van der Waals surface area contributed by atoms with Gasteiger partial charge in [-0.15, -0.1) is 0 Å². The van der Waals surface area contributed by atoms with E-state index in [4.69, 9.17) is 0 Å². The van der Waals surface area contributed by atoms with Gasteiger partial charge in [-0.25, -0.2) is 4.98 Å². The van der Waals surface area contributed by atoms with Crippen LogP contribution in [0.1, 0.15) is 42.6 Å². The Morgan fingerprint density at radius 2 is 1.80 bits per heavy atom. The maximum absolute atomic E-state index is 12.5. The summed E-state index contributed by atoms with van der Waals surface area (Å²) in [6.45, 7) is 6.80. The van der Waals surface area contributed by atoms with Gasteiger partial charge < -0.3 is 4.90 Å². The van der Waals surface area contributed by atoms with Crippen molar-refractivity contribution in [2.75, 3.05) is 13.1 Å². The quantitative estimate of drug-likeness (QED) is 0.860. The minimum absolute atomic E-state index is 0.116. The molecule has 0 N–H and O–H groups in total. The minimum atomic E-state index is -0.201. The lowest BCUT2D eigenvalue weighted by molar-refractivity contribution is 0.0740. The van der Waals surface area contributed by atoms with Gasteiger partial charge in [0.1, 0.15) is 0 Å². The molecule has 0 aliphatic heterocycles. The highest BCUT2D eigenvalue weighted by Crippen LogP contribution is 2.18. The molecule has 0 saturated carbocycles. The number of hydrogen-bond acceptors (Lipinski definition) is 3. The van der Waals surface area contributed by atoms with Gasteiger partial charge >= 0.3 is 0 Å². The summed E-state index contributed by atoms with van der Waals surface area (Å²) in [4.78, 5) is 30.7. The third-order valence-electron chi connectivity index (χ3n) is 3.35. The highest BCUT2D eigenvalue weighted by Gasteiger charge is 2.23. The van der Waals surface area contributed by atoms with Crippen LogP contribution in [-0.2, 0) is 0 Å². The van der Waals surface area contributed by atoms with Gasteiger partial charge in [0, 0.05) is 19.5 Å². The lowest BCUT2D eigenvalue weighted by Crippen LogP contribution is -2.33. The average molecular weight is 273 g/mol. The lowest BCUT2D eigenvalue weighted by Gasteiger charge is -2.18. The summed E-state index contributed by atoms with van der Waals surface area (Å²) in [6.07, 6.45) is 0.332. The maximum Gasteiger partial charge on any atom is 0.290 e. The second-order valence-electron chi connectivity index (χ2n) is 4.48. The normalized spacial score (nSPS) is 10.8. The predicted molar refractivity (Wildman–Crippen MR) is 77.9 cm³/mol. The maximum atomic E-state index is 12.5. The first-order valence-corrected chi connectivity index (χ1v) is 6.93. The van der Waals surface area contributed by atoms with Crippen LogP contribution >= 0.6 is 0 Å². The van der Waals surface area contributed by atoms with E-state index in [0.29, 0.717) is 30.5 Å². The molecule has 0 bridgehead atoms. The molecule has 1 heterocycles. The van der Waals surface area contributed by atoms with Gasteiger partial charge in [-0.1, -0.05) is 19.1 Å². The third-order valence-corrected chi connectivity index (χ3v) is 3.35. The van der Waals surface area contributed by atoms with Crippen molar-refractivity contribution in [2.24, 2.45) is 0 Å². The van der Waals surface area contributed by atoms with Crippen LogP contribution in [0.4, 0.5) is 0 Å². The van der Waals surface area contributed by atoms with Gasteiger partial charge in [0.25, 0.3) is 5.91 Å². The first-order valence-electron chi connectivity index (χ1n) is 6.93. The lowest BCUT2D eigenvalue weighted by atomic mass is 10.3. The molecule has 20 heavy (non-hydrogen) atoms. The molecule has 1 aromatic heterocycles. The fraction of sp³-hybridized carbons (Fsp3) is 0.400. The number of benzene rings is 1. The number of nitrogens with zero attached hydrogens (tertiary/aromatic N) is 3. The molecule has 106 valence electrons. The van der Waals surface area contributed by atoms with Crippen molar-refractivity contribution >= 4 is 22.8 Å². The first kappa shape index (κ1) is 14.2. The topological polar surface area (TPSA) is 55.2 Å². The highest BCUT2D eigenvalue weighted by atomic mass is 16.2. The zero-order chi connectivity index (χ0) is 14.7. The molecule has 1 amide bonds. The van der Waals surface area contributed by atoms with E-state index in [1.54, 1.807) is 11.8 Å². The summed E-state index contributed by atoms with van der Waals surface area (Å²) in [7, 11) is 0. The molecule has 2 aromatic rings. The Labute approximate surface area is 118 Å². The van der Waals surface area contributed by atoms with Gasteiger partial charge in [-0.05, 0) is 26.0 Å². The van der Waals surface area contributed by atoms with Gasteiger partial charge in [0.2, 0.25) is 11.7 Å². The molecular formula is C15H19N3O2. The molecule has 5 nitrogen and oxygen atoms in total. The van der Waals surface area contributed by atoms with Crippen molar-refractivity contribution in [3.63, 3.8) is 0 Å². The molecule has 0 atom stereocenters. The Hall–Kier alpha value is -2.17. The third kappa shape index (κ3) is 2.31. The standard InChI is InChI=1S/C15H19N3O2/c1-4-13(19)18-12-10-8-7-9-11(12)16-14(18)15(20)17(5-2)6-3/h7-10H,4-6H2,1-3H3. The summed E-state index contributed by atoms with van der Waals surface area (Å²) in [6, 6.07) is 7.32. The Morgan fingerprint density at radius 3 is 2.40 bits per heavy atom. The molecule has 0 aliphatic carbocycles. The second-order valence-corrected chi connectivity index (χ2v) is 4.48. The predicted octanol–water partition coefficient (Wildman–Crippen LogP) is 2.57. The van der Waals surface area contributed by atoms with Gasteiger partial charge in [0.05, 0.1) is 11.0 Å². The molecule has 0 radical (unpaired) electrons. The van der Waals surface area contributed by atoms with Crippen molar-refractivity contribution in [2.45, 2.75) is 27.2 Å². The number of imidazole rings is 1. The molecule has 0 unspecified atom stereocenters.